The molecule has 0 aromatic heterocycles. The number of methoxy groups -OCH3 is 1. The molecule has 1 aromatic rings. The van der Waals surface area contributed by atoms with Crippen LogP contribution in [0.25, 0.3) is 0 Å². The van der Waals surface area contributed by atoms with Crippen LogP contribution in [0.3, 0.4) is 0 Å². The van der Waals surface area contributed by atoms with Crippen molar-refractivity contribution in [3.63, 3.8) is 0 Å². The number of hydrogen-bond donors (Lipinski definition) is 1. The van der Waals surface area contributed by atoms with Gasteiger partial charge in [-0.15, -0.1) is 0 Å². The normalized spacial score (nSPS) is 11.4. The van der Waals surface area contributed by atoms with Crippen molar-refractivity contribution >= 4 is 10.0 Å². The third-order valence-electron chi connectivity index (χ3n) is 1.94. The fourth-order valence-corrected chi connectivity index (χ4v) is 2.32. The average Bonchev–Trinajstić information content (AvgIpc) is 2.16. The molecule has 5 nitrogen and oxygen atoms in total. The van der Waals surface area contributed by atoms with Gasteiger partial charge < -0.3 is 4.74 Å². The van der Waals surface area contributed by atoms with Crippen LogP contribution in [0.5, 0.6) is 5.75 Å². The number of sulfonamides is 1. The molecule has 0 bridgehead atoms. The van der Waals surface area contributed by atoms with Gasteiger partial charge in [-0.05, 0) is 11.6 Å². The van der Waals surface area contributed by atoms with Crippen LogP contribution in [0.2, 0.25) is 0 Å². The Kier molecular flexibility index (Phi) is 3.67. The molecular formula is C9H12NO4S. The van der Waals surface area contributed by atoms with E-state index in [4.69, 9.17) is 9.88 Å². The molecule has 0 spiro atoms. The van der Waals surface area contributed by atoms with Crippen LogP contribution < -0.4 is 9.88 Å². The average molecular weight is 230 g/mol. The van der Waals surface area contributed by atoms with Crippen LogP contribution >= 0.6 is 0 Å². The highest BCUT2D eigenvalue weighted by Gasteiger charge is 2.19. The van der Waals surface area contributed by atoms with E-state index in [-0.39, 0.29) is 17.1 Å². The molecule has 6 heteroatoms. The zero-order valence-corrected chi connectivity index (χ0v) is 9.08. The zero-order chi connectivity index (χ0) is 11.5. The second kappa shape index (κ2) is 4.61. The standard InChI is InChI=1S/C9H12NO4S/c1-14-8-4-2-3-7(5-6-11)9(8)15(10,12)13/h2-4H,5-6H2,1H3,(H2,10,12,13). The first-order chi connectivity index (χ1) is 7.00. The summed E-state index contributed by atoms with van der Waals surface area (Å²) in [5.74, 6) is 0.170. The Morgan fingerprint density at radius 3 is 2.53 bits per heavy atom. The lowest BCUT2D eigenvalue weighted by Crippen LogP contribution is -2.16. The summed E-state index contributed by atoms with van der Waals surface area (Å²) < 4.78 is 27.5. The van der Waals surface area contributed by atoms with Gasteiger partial charge in [0.1, 0.15) is 10.6 Å². The molecule has 15 heavy (non-hydrogen) atoms. The van der Waals surface area contributed by atoms with Gasteiger partial charge in [0.05, 0.1) is 13.7 Å². The van der Waals surface area contributed by atoms with Crippen LogP contribution in [0.4, 0.5) is 0 Å². The molecule has 1 radical (unpaired) electrons. The van der Waals surface area contributed by atoms with Gasteiger partial charge in [0.15, 0.2) is 0 Å². The Bertz CT molecular complexity index is 441. The van der Waals surface area contributed by atoms with Crippen LogP contribution in [0, 0.1) is 0 Å². The van der Waals surface area contributed by atoms with Crippen molar-refractivity contribution in [1.82, 2.24) is 0 Å². The Balaban J connectivity index is 3.41. The molecule has 2 N–H and O–H groups in total. The number of nitrogens with two attached hydrogens (primary N) is 1. The SMILES string of the molecule is COc1cccc(CC[O])c1S(N)(=O)=O. The Hall–Kier alpha value is -1.11. The maximum atomic E-state index is 11.3. The van der Waals surface area contributed by atoms with E-state index < -0.39 is 16.6 Å². The van der Waals surface area contributed by atoms with E-state index >= 15 is 0 Å². The third-order valence-corrected chi connectivity index (χ3v) is 2.97. The van der Waals surface area contributed by atoms with E-state index in [2.05, 4.69) is 0 Å². The van der Waals surface area contributed by atoms with Gasteiger partial charge in [0, 0.05) is 6.42 Å². The van der Waals surface area contributed by atoms with E-state index in [0.717, 1.165) is 0 Å². The van der Waals surface area contributed by atoms with E-state index in [1.165, 1.54) is 13.2 Å². The van der Waals surface area contributed by atoms with Gasteiger partial charge in [0.2, 0.25) is 10.0 Å². The molecule has 0 fully saturated rings. The first-order valence-electron chi connectivity index (χ1n) is 4.27. The van der Waals surface area contributed by atoms with Crippen molar-refractivity contribution in [2.75, 3.05) is 13.7 Å². The molecule has 0 unspecified atom stereocenters. The molecule has 83 valence electrons. The molecule has 0 atom stereocenters. The van der Waals surface area contributed by atoms with Crippen molar-refractivity contribution in [3.05, 3.63) is 23.8 Å². The Morgan fingerprint density at radius 1 is 1.40 bits per heavy atom. The second-order valence-corrected chi connectivity index (χ2v) is 4.45. The molecule has 0 aliphatic rings. The summed E-state index contributed by atoms with van der Waals surface area (Å²) in [7, 11) is -2.51. The number of rotatable bonds is 4. The maximum Gasteiger partial charge on any atom is 0.242 e. The smallest absolute Gasteiger partial charge is 0.242 e. The molecule has 0 aliphatic carbocycles. The summed E-state index contributed by atoms with van der Waals surface area (Å²) in [5, 5.41) is 15.6. The van der Waals surface area contributed by atoms with Gasteiger partial charge in [-0.2, -0.15) is 0 Å². The first kappa shape index (κ1) is 12.0. The summed E-state index contributed by atoms with van der Waals surface area (Å²) in [6.45, 7) is -0.393. The van der Waals surface area contributed by atoms with E-state index in [9.17, 15) is 13.5 Å². The highest BCUT2D eigenvalue weighted by molar-refractivity contribution is 7.89. The number of hydrogen-bond acceptors (Lipinski definition) is 3. The Morgan fingerprint density at radius 2 is 2.07 bits per heavy atom. The maximum absolute atomic E-state index is 11.3. The fraction of sp³-hybridized carbons (Fsp3) is 0.333. The minimum Gasteiger partial charge on any atom is -0.495 e. The molecule has 1 aromatic carbocycles. The summed E-state index contributed by atoms with van der Waals surface area (Å²) in [4.78, 5) is -0.0941. The highest BCUT2D eigenvalue weighted by atomic mass is 32.2. The summed E-state index contributed by atoms with van der Waals surface area (Å²) in [6, 6.07) is 4.67. The quantitative estimate of drug-likeness (QED) is 0.807. The lowest BCUT2D eigenvalue weighted by Gasteiger charge is -2.10. The number of ether oxygens (including phenoxy) is 1. The van der Waals surface area contributed by atoms with Gasteiger partial charge in [-0.3, -0.25) is 0 Å². The van der Waals surface area contributed by atoms with E-state index in [1.54, 1.807) is 12.1 Å². The first-order valence-corrected chi connectivity index (χ1v) is 5.82. The fourth-order valence-electron chi connectivity index (χ4n) is 1.35. The molecule has 0 heterocycles. The van der Waals surface area contributed by atoms with Gasteiger partial charge in [0.25, 0.3) is 0 Å². The van der Waals surface area contributed by atoms with Crippen molar-refractivity contribution in [3.8, 4) is 5.75 Å². The van der Waals surface area contributed by atoms with Crippen LogP contribution in [0.15, 0.2) is 23.1 Å². The van der Waals surface area contributed by atoms with Crippen molar-refractivity contribution < 1.29 is 18.3 Å². The number of benzene rings is 1. The Labute approximate surface area is 88.5 Å². The molecular weight excluding hydrogens is 218 g/mol. The molecule has 1 rings (SSSR count). The molecule has 0 aliphatic heterocycles. The van der Waals surface area contributed by atoms with Crippen LogP contribution in [0.1, 0.15) is 5.56 Å². The third kappa shape index (κ3) is 2.68. The minimum atomic E-state index is -3.86. The summed E-state index contributed by atoms with van der Waals surface area (Å²) in [5.41, 5.74) is 0.395. The highest BCUT2D eigenvalue weighted by Crippen LogP contribution is 2.26. The van der Waals surface area contributed by atoms with Crippen molar-refractivity contribution in [2.24, 2.45) is 5.14 Å². The zero-order valence-electron chi connectivity index (χ0n) is 8.26. The molecule has 0 saturated carbocycles. The number of primary sulfonamides is 1. The lowest BCUT2D eigenvalue weighted by atomic mass is 10.1. The van der Waals surface area contributed by atoms with Crippen LogP contribution in [-0.4, -0.2) is 22.1 Å². The topological polar surface area (TPSA) is 89.3 Å². The second-order valence-electron chi connectivity index (χ2n) is 2.95. The molecule has 0 amide bonds. The van der Waals surface area contributed by atoms with Gasteiger partial charge >= 0.3 is 0 Å². The van der Waals surface area contributed by atoms with Gasteiger partial charge in [-0.25, -0.2) is 18.7 Å². The molecule has 0 saturated heterocycles. The predicted molar refractivity (Wildman–Crippen MR) is 53.6 cm³/mol. The van der Waals surface area contributed by atoms with Gasteiger partial charge in [-0.1, -0.05) is 12.1 Å². The van der Waals surface area contributed by atoms with Crippen molar-refractivity contribution in [2.45, 2.75) is 11.3 Å². The van der Waals surface area contributed by atoms with E-state index in [0.29, 0.717) is 5.56 Å². The van der Waals surface area contributed by atoms with E-state index in [1.807, 2.05) is 0 Å². The predicted octanol–water partition coefficient (Wildman–Crippen LogP) is 0.316. The lowest BCUT2D eigenvalue weighted by molar-refractivity contribution is 0.196. The van der Waals surface area contributed by atoms with Crippen molar-refractivity contribution in [1.29, 1.82) is 0 Å². The minimum absolute atomic E-state index is 0.0941. The summed E-state index contributed by atoms with van der Waals surface area (Å²) in [6.07, 6.45) is 0.114. The summed E-state index contributed by atoms with van der Waals surface area (Å²) >= 11 is 0. The van der Waals surface area contributed by atoms with Crippen LogP contribution in [-0.2, 0) is 21.6 Å². The monoisotopic (exact) mass is 230 g/mol. The largest absolute Gasteiger partial charge is 0.495 e.